The summed E-state index contributed by atoms with van der Waals surface area (Å²) in [6.07, 6.45) is 0.461. The molecule has 2 aromatic carbocycles. The third-order valence-electron chi connectivity index (χ3n) is 4.39. The van der Waals surface area contributed by atoms with Crippen molar-refractivity contribution in [3.05, 3.63) is 53.5 Å². The molecule has 3 rings (SSSR count). The van der Waals surface area contributed by atoms with Crippen molar-refractivity contribution >= 4 is 34.5 Å². The topological polar surface area (TPSA) is 89.5 Å². The summed E-state index contributed by atoms with van der Waals surface area (Å²) in [5.41, 5.74) is 2.36. The van der Waals surface area contributed by atoms with Gasteiger partial charge in [-0.15, -0.1) is 11.3 Å². The van der Waals surface area contributed by atoms with Crippen molar-refractivity contribution in [2.75, 3.05) is 24.9 Å². The van der Waals surface area contributed by atoms with E-state index in [2.05, 4.69) is 15.6 Å². The number of amides is 2. The van der Waals surface area contributed by atoms with Gasteiger partial charge in [0.05, 0.1) is 19.8 Å². The van der Waals surface area contributed by atoms with Gasteiger partial charge in [-0.3, -0.25) is 9.59 Å². The zero-order chi connectivity index (χ0) is 22.4. The van der Waals surface area contributed by atoms with Crippen LogP contribution in [0.3, 0.4) is 0 Å². The number of nitrogens with zero attached hydrogens (tertiary/aromatic N) is 1. The van der Waals surface area contributed by atoms with Gasteiger partial charge < -0.3 is 20.1 Å². The van der Waals surface area contributed by atoms with Crippen LogP contribution in [0.4, 0.5) is 11.4 Å². The first-order chi connectivity index (χ1) is 14.9. The zero-order valence-electron chi connectivity index (χ0n) is 17.9. The summed E-state index contributed by atoms with van der Waals surface area (Å²) in [7, 11) is 3.14. The number of rotatable bonds is 8. The lowest BCUT2D eigenvalue weighted by Crippen LogP contribution is -2.14. The molecule has 0 fully saturated rings. The van der Waals surface area contributed by atoms with Crippen LogP contribution in [0.2, 0.25) is 0 Å². The summed E-state index contributed by atoms with van der Waals surface area (Å²) >= 11 is 1.35. The molecule has 31 heavy (non-hydrogen) atoms. The maximum atomic E-state index is 12.6. The van der Waals surface area contributed by atoms with Gasteiger partial charge in [-0.05, 0) is 42.3 Å². The Morgan fingerprint density at radius 3 is 2.29 bits per heavy atom. The van der Waals surface area contributed by atoms with E-state index < -0.39 is 0 Å². The monoisotopic (exact) mass is 439 g/mol. The van der Waals surface area contributed by atoms with Gasteiger partial charge in [-0.1, -0.05) is 19.9 Å². The highest BCUT2D eigenvalue weighted by molar-refractivity contribution is 7.13. The van der Waals surface area contributed by atoms with Crippen LogP contribution in [0.15, 0.2) is 47.8 Å². The van der Waals surface area contributed by atoms with Gasteiger partial charge in [-0.25, -0.2) is 4.98 Å². The second kappa shape index (κ2) is 10.1. The molecule has 0 aliphatic heterocycles. The average Bonchev–Trinajstić information content (AvgIpc) is 3.24. The van der Waals surface area contributed by atoms with Gasteiger partial charge in [0, 0.05) is 23.2 Å². The maximum Gasteiger partial charge on any atom is 0.275 e. The number of hydrogen-bond donors (Lipinski definition) is 2. The summed E-state index contributed by atoms with van der Waals surface area (Å²) in [5.74, 6) is 1.11. The Hall–Kier alpha value is -3.39. The first-order valence-electron chi connectivity index (χ1n) is 9.79. The Bertz CT molecular complexity index is 1060. The highest BCUT2D eigenvalue weighted by atomic mass is 32.1. The van der Waals surface area contributed by atoms with E-state index in [1.807, 2.05) is 26.0 Å². The number of nitrogens with one attached hydrogen (secondary N) is 2. The van der Waals surface area contributed by atoms with E-state index in [1.165, 1.54) is 11.3 Å². The molecule has 2 N–H and O–H groups in total. The molecule has 0 bridgehead atoms. The largest absolute Gasteiger partial charge is 0.493 e. The molecule has 0 radical (unpaired) electrons. The Kier molecular flexibility index (Phi) is 7.25. The quantitative estimate of drug-likeness (QED) is 0.512. The predicted molar refractivity (Wildman–Crippen MR) is 123 cm³/mol. The number of anilines is 2. The van der Waals surface area contributed by atoms with E-state index in [9.17, 15) is 9.59 Å². The van der Waals surface area contributed by atoms with Crippen molar-refractivity contribution in [3.8, 4) is 22.1 Å². The maximum absolute atomic E-state index is 12.6. The van der Waals surface area contributed by atoms with Crippen molar-refractivity contribution in [1.29, 1.82) is 0 Å². The van der Waals surface area contributed by atoms with Crippen LogP contribution in [-0.4, -0.2) is 31.0 Å². The van der Waals surface area contributed by atoms with Crippen LogP contribution in [0.5, 0.6) is 11.5 Å². The highest BCUT2D eigenvalue weighted by Crippen LogP contribution is 2.39. The molecule has 0 unspecified atom stereocenters. The number of carbonyl (C=O) groups excluding carboxylic acids is 2. The zero-order valence-corrected chi connectivity index (χ0v) is 18.7. The van der Waals surface area contributed by atoms with E-state index in [0.29, 0.717) is 45.9 Å². The summed E-state index contributed by atoms with van der Waals surface area (Å²) < 4.78 is 10.8. The Morgan fingerprint density at radius 1 is 1.00 bits per heavy atom. The number of ether oxygens (including phenoxy) is 2. The molecule has 0 aliphatic rings. The second-order valence-electron chi connectivity index (χ2n) is 7.26. The van der Waals surface area contributed by atoms with Gasteiger partial charge in [0.2, 0.25) is 5.91 Å². The standard InChI is InChI=1S/C23H25N3O4S/c1-14(2)12-20(27)24-15-8-10-16(11-9-15)25-22(28)18-13-31-23(26-18)17-6-5-7-19(29-3)21(17)30-4/h5-11,13-14H,12H2,1-4H3,(H,24,27)(H,25,28). The summed E-state index contributed by atoms with van der Waals surface area (Å²) in [6, 6.07) is 12.5. The third-order valence-corrected chi connectivity index (χ3v) is 5.27. The molecule has 8 heteroatoms. The summed E-state index contributed by atoms with van der Waals surface area (Å²) in [5, 5.41) is 8.02. The average molecular weight is 440 g/mol. The lowest BCUT2D eigenvalue weighted by atomic mass is 10.1. The van der Waals surface area contributed by atoms with Crippen LogP contribution in [0.25, 0.3) is 10.6 Å². The molecule has 0 saturated heterocycles. The molecule has 0 spiro atoms. The lowest BCUT2D eigenvalue weighted by Gasteiger charge is -2.10. The molecule has 1 aromatic heterocycles. The van der Waals surface area contributed by atoms with Gasteiger partial charge in [-0.2, -0.15) is 0 Å². The summed E-state index contributed by atoms with van der Waals surface area (Å²) in [6.45, 7) is 3.99. The minimum absolute atomic E-state index is 0.0326. The molecule has 1 heterocycles. The fourth-order valence-corrected chi connectivity index (χ4v) is 3.79. The van der Waals surface area contributed by atoms with Crippen molar-refractivity contribution in [1.82, 2.24) is 4.98 Å². The molecule has 2 amide bonds. The summed E-state index contributed by atoms with van der Waals surface area (Å²) in [4.78, 5) is 29.0. The Labute approximate surface area is 185 Å². The van der Waals surface area contributed by atoms with Crippen molar-refractivity contribution in [2.24, 2.45) is 5.92 Å². The molecule has 0 saturated carbocycles. The fraction of sp³-hybridized carbons (Fsp3) is 0.261. The molecule has 3 aromatic rings. The first-order valence-corrected chi connectivity index (χ1v) is 10.7. The van der Waals surface area contributed by atoms with Crippen molar-refractivity contribution in [2.45, 2.75) is 20.3 Å². The van der Waals surface area contributed by atoms with Crippen LogP contribution in [0.1, 0.15) is 30.8 Å². The van der Waals surface area contributed by atoms with Crippen molar-refractivity contribution in [3.63, 3.8) is 0 Å². The normalized spacial score (nSPS) is 10.6. The third kappa shape index (κ3) is 5.61. The van der Waals surface area contributed by atoms with Crippen LogP contribution >= 0.6 is 11.3 Å². The van der Waals surface area contributed by atoms with E-state index in [1.54, 1.807) is 49.9 Å². The first kappa shape index (κ1) is 22.3. The van der Waals surface area contributed by atoms with Crippen LogP contribution in [0, 0.1) is 5.92 Å². The number of aromatic nitrogens is 1. The number of thiazole rings is 1. The highest BCUT2D eigenvalue weighted by Gasteiger charge is 2.17. The predicted octanol–water partition coefficient (Wildman–Crippen LogP) is 5.06. The SMILES string of the molecule is COc1cccc(-c2nc(C(=O)Nc3ccc(NC(=O)CC(C)C)cc3)cs2)c1OC. The van der Waals surface area contributed by atoms with E-state index in [0.717, 1.165) is 5.56 Å². The molecule has 0 aliphatic carbocycles. The van der Waals surface area contributed by atoms with Gasteiger partial charge in [0.15, 0.2) is 11.5 Å². The molecule has 0 atom stereocenters. The van der Waals surface area contributed by atoms with E-state index in [-0.39, 0.29) is 11.8 Å². The smallest absolute Gasteiger partial charge is 0.275 e. The van der Waals surface area contributed by atoms with E-state index >= 15 is 0 Å². The van der Waals surface area contributed by atoms with Crippen molar-refractivity contribution < 1.29 is 19.1 Å². The minimum Gasteiger partial charge on any atom is -0.493 e. The van der Waals surface area contributed by atoms with Crippen LogP contribution < -0.4 is 20.1 Å². The second-order valence-corrected chi connectivity index (χ2v) is 8.11. The van der Waals surface area contributed by atoms with Gasteiger partial charge in [0.1, 0.15) is 10.7 Å². The lowest BCUT2D eigenvalue weighted by molar-refractivity contribution is -0.116. The number of benzene rings is 2. The minimum atomic E-state index is -0.319. The number of methoxy groups -OCH3 is 2. The molecular weight excluding hydrogens is 414 g/mol. The molecule has 162 valence electrons. The van der Waals surface area contributed by atoms with Crippen LogP contribution in [-0.2, 0) is 4.79 Å². The number of para-hydroxylation sites is 1. The molecule has 7 nitrogen and oxygen atoms in total. The Morgan fingerprint density at radius 2 is 1.68 bits per heavy atom. The molecular formula is C23H25N3O4S. The fourth-order valence-electron chi connectivity index (χ4n) is 2.97. The van der Waals surface area contributed by atoms with Gasteiger partial charge >= 0.3 is 0 Å². The number of carbonyl (C=O) groups is 2. The van der Waals surface area contributed by atoms with E-state index in [4.69, 9.17) is 9.47 Å². The Balaban J connectivity index is 1.69. The number of hydrogen-bond acceptors (Lipinski definition) is 6. The van der Waals surface area contributed by atoms with Gasteiger partial charge in [0.25, 0.3) is 5.91 Å².